The second-order valence-corrected chi connectivity index (χ2v) is 5.98. The van der Waals surface area contributed by atoms with Crippen LogP contribution in [0.1, 0.15) is 35.3 Å². The van der Waals surface area contributed by atoms with Crippen molar-refractivity contribution in [3.05, 3.63) is 63.1 Å². The lowest BCUT2D eigenvalue weighted by atomic mass is 9.93. The number of ether oxygens (including phenoxy) is 1. The molecule has 1 aliphatic heterocycles. The van der Waals surface area contributed by atoms with Crippen LogP contribution in [0.3, 0.4) is 0 Å². The smallest absolute Gasteiger partial charge is 0.126 e. The molecule has 0 fully saturated rings. The molecule has 1 heterocycles. The third-order valence-electron chi connectivity index (χ3n) is 3.62. The molecule has 4 heteroatoms. The first-order valence-electron chi connectivity index (χ1n) is 6.52. The zero-order valence-corrected chi connectivity index (χ0v) is 12.6. The SMILES string of the molecule is Cc1ccc2c(c1)C(N)CC(c1ccc(Cl)c(Cl)c1)O2. The standard InChI is InChI=1S/C16H15Cl2NO/c1-9-2-5-15-11(6-9)14(19)8-16(20-15)10-3-4-12(17)13(18)7-10/h2-7,14,16H,8,19H2,1H3. The van der Waals surface area contributed by atoms with Crippen molar-refractivity contribution in [2.45, 2.75) is 25.5 Å². The van der Waals surface area contributed by atoms with Gasteiger partial charge in [0.05, 0.1) is 10.0 Å². The van der Waals surface area contributed by atoms with Crippen molar-refractivity contribution in [1.82, 2.24) is 0 Å². The minimum Gasteiger partial charge on any atom is -0.485 e. The summed E-state index contributed by atoms with van der Waals surface area (Å²) in [5.41, 5.74) is 9.53. The molecule has 2 aromatic rings. The van der Waals surface area contributed by atoms with Gasteiger partial charge in [-0.05, 0) is 30.7 Å². The van der Waals surface area contributed by atoms with Crippen molar-refractivity contribution in [3.8, 4) is 5.75 Å². The van der Waals surface area contributed by atoms with Crippen LogP contribution in [0.15, 0.2) is 36.4 Å². The van der Waals surface area contributed by atoms with E-state index in [1.165, 1.54) is 5.56 Å². The van der Waals surface area contributed by atoms with Gasteiger partial charge in [0.15, 0.2) is 0 Å². The lowest BCUT2D eigenvalue weighted by Gasteiger charge is -2.31. The largest absolute Gasteiger partial charge is 0.485 e. The van der Waals surface area contributed by atoms with Crippen LogP contribution in [-0.4, -0.2) is 0 Å². The molecule has 0 amide bonds. The molecule has 2 N–H and O–H groups in total. The lowest BCUT2D eigenvalue weighted by molar-refractivity contribution is 0.161. The van der Waals surface area contributed by atoms with Gasteiger partial charge < -0.3 is 10.5 Å². The maximum atomic E-state index is 6.27. The molecule has 2 unspecified atom stereocenters. The van der Waals surface area contributed by atoms with Gasteiger partial charge in [-0.25, -0.2) is 0 Å². The van der Waals surface area contributed by atoms with Crippen LogP contribution in [0.5, 0.6) is 5.75 Å². The normalized spacial score (nSPS) is 21.2. The molecular weight excluding hydrogens is 293 g/mol. The van der Waals surface area contributed by atoms with Crippen LogP contribution in [0.2, 0.25) is 10.0 Å². The van der Waals surface area contributed by atoms with Crippen LogP contribution in [0, 0.1) is 6.92 Å². The molecule has 0 bridgehead atoms. The van der Waals surface area contributed by atoms with Gasteiger partial charge in [0.2, 0.25) is 0 Å². The number of hydrogen-bond acceptors (Lipinski definition) is 2. The first-order valence-corrected chi connectivity index (χ1v) is 7.28. The zero-order valence-electron chi connectivity index (χ0n) is 11.1. The third kappa shape index (κ3) is 2.51. The summed E-state index contributed by atoms with van der Waals surface area (Å²) in [6, 6.07) is 11.6. The van der Waals surface area contributed by atoms with Crippen molar-refractivity contribution < 1.29 is 4.74 Å². The minimum atomic E-state index is -0.0880. The highest BCUT2D eigenvalue weighted by Gasteiger charge is 2.27. The Morgan fingerprint density at radius 2 is 1.90 bits per heavy atom. The van der Waals surface area contributed by atoms with Crippen molar-refractivity contribution in [1.29, 1.82) is 0 Å². The fourth-order valence-corrected chi connectivity index (χ4v) is 2.85. The van der Waals surface area contributed by atoms with E-state index >= 15 is 0 Å². The van der Waals surface area contributed by atoms with Crippen molar-refractivity contribution >= 4 is 23.2 Å². The summed E-state index contributed by atoms with van der Waals surface area (Å²) in [5.74, 6) is 0.852. The fraction of sp³-hybridized carbons (Fsp3) is 0.250. The highest BCUT2D eigenvalue weighted by molar-refractivity contribution is 6.42. The van der Waals surface area contributed by atoms with E-state index in [1.807, 2.05) is 24.3 Å². The quantitative estimate of drug-likeness (QED) is 0.819. The minimum absolute atomic E-state index is 0.0295. The van der Waals surface area contributed by atoms with E-state index in [2.05, 4.69) is 13.0 Å². The second-order valence-electron chi connectivity index (χ2n) is 5.16. The maximum Gasteiger partial charge on any atom is 0.126 e. The topological polar surface area (TPSA) is 35.2 Å². The van der Waals surface area contributed by atoms with E-state index in [1.54, 1.807) is 6.07 Å². The number of fused-ring (bicyclic) bond motifs is 1. The number of nitrogens with two attached hydrogens (primary N) is 1. The Morgan fingerprint density at radius 1 is 1.10 bits per heavy atom. The summed E-state index contributed by atoms with van der Waals surface area (Å²) < 4.78 is 6.06. The predicted molar refractivity (Wildman–Crippen MR) is 82.6 cm³/mol. The summed E-state index contributed by atoms with van der Waals surface area (Å²) in [6.45, 7) is 2.05. The Hall–Kier alpha value is -1.22. The van der Waals surface area contributed by atoms with E-state index < -0.39 is 0 Å². The molecule has 0 radical (unpaired) electrons. The van der Waals surface area contributed by atoms with E-state index in [0.29, 0.717) is 10.0 Å². The van der Waals surface area contributed by atoms with Gasteiger partial charge in [-0.3, -0.25) is 0 Å². The Kier molecular flexibility index (Phi) is 3.63. The molecule has 2 aromatic carbocycles. The second kappa shape index (κ2) is 5.28. The Labute approximate surface area is 128 Å². The average Bonchev–Trinajstić information content (AvgIpc) is 2.42. The lowest BCUT2D eigenvalue weighted by Crippen LogP contribution is -2.24. The van der Waals surface area contributed by atoms with E-state index in [0.717, 1.165) is 23.3 Å². The number of hydrogen-bond donors (Lipinski definition) is 1. The van der Waals surface area contributed by atoms with E-state index in [4.69, 9.17) is 33.7 Å². The molecule has 2 nitrogen and oxygen atoms in total. The summed E-state index contributed by atoms with van der Waals surface area (Å²) >= 11 is 12.0. The first kappa shape index (κ1) is 13.7. The van der Waals surface area contributed by atoms with Crippen LogP contribution >= 0.6 is 23.2 Å². The highest BCUT2D eigenvalue weighted by Crippen LogP contribution is 2.40. The Balaban J connectivity index is 1.94. The van der Waals surface area contributed by atoms with Crippen LogP contribution in [0.4, 0.5) is 0 Å². The van der Waals surface area contributed by atoms with Gasteiger partial charge in [0.1, 0.15) is 11.9 Å². The molecule has 0 saturated heterocycles. The van der Waals surface area contributed by atoms with Crippen molar-refractivity contribution in [2.75, 3.05) is 0 Å². The van der Waals surface area contributed by atoms with Crippen LogP contribution < -0.4 is 10.5 Å². The van der Waals surface area contributed by atoms with Gasteiger partial charge >= 0.3 is 0 Å². The van der Waals surface area contributed by atoms with Crippen molar-refractivity contribution in [2.24, 2.45) is 5.73 Å². The van der Waals surface area contributed by atoms with Gasteiger partial charge in [0.25, 0.3) is 0 Å². The van der Waals surface area contributed by atoms with Gasteiger partial charge in [-0.2, -0.15) is 0 Å². The summed E-state index contributed by atoms with van der Waals surface area (Å²) in [6.07, 6.45) is 0.643. The monoisotopic (exact) mass is 307 g/mol. The van der Waals surface area contributed by atoms with Crippen molar-refractivity contribution in [3.63, 3.8) is 0 Å². The Morgan fingerprint density at radius 3 is 2.65 bits per heavy atom. The molecule has 0 spiro atoms. The van der Waals surface area contributed by atoms with Gasteiger partial charge in [-0.15, -0.1) is 0 Å². The number of rotatable bonds is 1. The third-order valence-corrected chi connectivity index (χ3v) is 4.36. The van der Waals surface area contributed by atoms with Gasteiger partial charge in [-0.1, -0.05) is 47.0 Å². The molecular formula is C16H15Cl2NO. The molecule has 1 aliphatic rings. The molecule has 3 rings (SSSR count). The van der Waals surface area contributed by atoms with Crippen LogP contribution in [-0.2, 0) is 0 Å². The number of aryl methyl sites for hydroxylation is 1. The van der Waals surface area contributed by atoms with Gasteiger partial charge in [0, 0.05) is 18.0 Å². The summed E-state index contributed by atoms with van der Waals surface area (Å²) in [5, 5.41) is 1.09. The maximum absolute atomic E-state index is 6.27. The average molecular weight is 308 g/mol. The number of benzene rings is 2. The Bertz CT molecular complexity index is 657. The number of halogens is 2. The summed E-state index contributed by atoms with van der Waals surface area (Å²) in [4.78, 5) is 0. The van der Waals surface area contributed by atoms with E-state index in [-0.39, 0.29) is 12.1 Å². The molecule has 0 saturated carbocycles. The fourth-order valence-electron chi connectivity index (χ4n) is 2.54. The molecule has 104 valence electrons. The van der Waals surface area contributed by atoms with E-state index in [9.17, 15) is 0 Å². The zero-order chi connectivity index (χ0) is 14.3. The molecule has 20 heavy (non-hydrogen) atoms. The first-order chi connectivity index (χ1) is 9.54. The highest BCUT2D eigenvalue weighted by atomic mass is 35.5. The molecule has 0 aliphatic carbocycles. The summed E-state index contributed by atoms with van der Waals surface area (Å²) in [7, 11) is 0. The predicted octanol–water partition coefficient (Wildman–Crippen LogP) is 4.83. The molecule has 2 atom stereocenters. The molecule has 0 aromatic heterocycles. The van der Waals surface area contributed by atoms with Crippen LogP contribution in [0.25, 0.3) is 0 Å².